The molecule has 0 saturated carbocycles. The summed E-state index contributed by atoms with van der Waals surface area (Å²) >= 11 is 0. The normalized spacial score (nSPS) is 10.6. The molecule has 1 aromatic heterocycles. The first kappa shape index (κ1) is 13.4. The molecule has 102 valence electrons. The minimum absolute atomic E-state index is 0.0228. The summed E-state index contributed by atoms with van der Waals surface area (Å²) in [6.07, 6.45) is 1.90. The highest BCUT2D eigenvalue weighted by Gasteiger charge is 2.06. The maximum atomic E-state index is 11.7. The molecule has 0 aliphatic heterocycles. The van der Waals surface area contributed by atoms with Crippen LogP contribution in [0.2, 0.25) is 0 Å². The molecule has 0 bridgehead atoms. The molecule has 1 aromatic carbocycles. The second-order valence-corrected chi connectivity index (χ2v) is 4.21. The molecule has 0 saturated heterocycles. The van der Waals surface area contributed by atoms with Gasteiger partial charge in [-0.25, -0.2) is 0 Å². The Morgan fingerprint density at radius 1 is 1.32 bits per heavy atom. The molecule has 0 atom stereocenters. The van der Waals surface area contributed by atoms with E-state index in [0.717, 1.165) is 16.7 Å². The average molecular weight is 262 g/mol. The van der Waals surface area contributed by atoms with Crippen molar-refractivity contribution < 1.29 is 14.3 Å². The molecule has 5 nitrogen and oxygen atoms in total. The third-order valence-electron chi connectivity index (χ3n) is 2.92. The van der Waals surface area contributed by atoms with Crippen LogP contribution in [0.15, 0.2) is 30.5 Å². The summed E-state index contributed by atoms with van der Waals surface area (Å²) in [6, 6.07) is 7.77. The van der Waals surface area contributed by atoms with E-state index in [0.29, 0.717) is 19.7 Å². The fourth-order valence-corrected chi connectivity index (χ4v) is 1.95. The minimum Gasteiger partial charge on any atom is -0.497 e. The molecule has 0 aliphatic carbocycles. The van der Waals surface area contributed by atoms with Gasteiger partial charge in [0, 0.05) is 30.8 Å². The number of carbonyl (C=O) groups excluding carboxylic acids is 1. The van der Waals surface area contributed by atoms with Crippen molar-refractivity contribution in [2.24, 2.45) is 0 Å². The van der Waals surface area contributed by atoms with Crippen molar-refractivity contribution in [1.82, 2.24) is 9.88 Å². The molecule has 0 aliphatic rings. The van der Waals surface area contributed by atoms with E-state index in [9.17, 15) is 4.79 Å². The molecular weight excluding hydrogens is 244 g/mol. The lowest BCUT2D eigenvalue weighted by Crippen LogP contribution is -2.30. The van der Waals surface area contributed by atoms with Crippen molar-refractivity contribution in [2.45, 2.75) is 6.54 Å². The number of carbonyl (C=O) groups is 1. The molecule has 0 fully saturated rings. The van der Waals surface area contributed by atoms with E-state index in [4.69, 9.17) is 9.47 Å². The molecule has 0 radical (unpaired) electrons. The van der Waals surface area contributed by atoms with Crippen LogP contribution in [0, 0.1) is 0 Å². The molecule has 2 rings (SSSR count). The van der Waals surface area contributed by atoms with Gasteiger partial charge in [-0.15, -0.1) is 0 Å². The van der Waals surface area contributed by atoms with E-state index in [-0.39, 0.29) is 5.91 Å². The van der Waals surface area contributed by atoms with Gasteiger partial charge in [0.2, 0.25) is 5.91 Å². The summed E-state index contributed by atoms with van der Waals surface area (Å²) in [4.78, 5) is 11.7. The summed E-state index contributed by atoms with van der Waals surface area (Å²) in [5.74, 6) is 0.792. The Balaban J connectivity index is 2.06. The fourth-order valence-electron chi connectivity index (χ4n) is 1.95. The molecule has 1 heterocycles. The number of aromatic nitrogens is 1. The number of nitrogens with one attached hydrogen (secondary N) is 1. The largest absolute Gasteiger partial charge is 0.497 e. The van der Waals surface area contributed by atoms with E-state index in [1.54, 1.807) is 14.2 Å². The van der Waals surface area contributed by atoms with Gasteiger partial charge in [-0.05, 0) is 24.3 Å². The maximum Gasteiger partial charge on any atom is 0.240 e. The van der Waals surface area contributed by atoms with E-state index in [2.05, 4.69) is 5.32 Å². The third kappa shape index (κ3) is 3.26. The molecule has 2 aromatic rings. The molecule has 19 heavy (non-hydrogen) atoms. The predicted octanol–water partition coefficient (Wildman–Crippen LogP) is 1.41. The molecule has 0 spiro atoms. The Morgan fingerprint density at radius 3 is 2.89 bits per heavy atom. The lowest BCUT2D eigenvalue weighted by molar-refractivity contribution is -0.121. The first-order chi connectivity index (χ1) is 9.24. The van der Waals surface area contributed by atoms with Gasteiger partial charge in [0.1, 0.15) is 12.3 Å². The smallest absolute Gasteiger partial charge is 0.240 e. The quantitative estimate of drug-likeness (QED) is 0.801. The number of fused-ring (bicyclic) bond motifs is 1. The molecule has 5 heteroatoms. The zero-order valence-corrected chi connectivity index (χ0v) is 11.2. The van der Waals surface area contributed by atoms with Crippen molar-refractivity contribution in [1.29, 1.82) is 0 Å². The molecule has 1 N–H and O–H groups in total. The van der Waals surface area contributed by atoms with E-state index >= 15 is 0 Å². The van der Waals surface area contributed by atoms with Gasteiger partial charge >= 0.3 is 0 Å². The van der Waals surface area contributed by atoms with Crippen LogP contribution < -0.4 is 10.1 Å². The Hall–Kier alpha value is -2.01. The van der Waals surface area contributed by atoms with Crippen molar-refractivity contribution in [3.05, 3.63) is 30.5 Å². The minimum atomic E-state index is -0.0228. The van der Waals surface area contributed by atoms with Crippen LogP contribution in [0.5, 0.6) is 5.75 Å². The molecular formula is C14H18N2O3. The SMILES string of the molecule is COCCNC(=O)Cn1ccc2cc(OC)ccc21. The number of amides is 1. The summed E-state index contributed by atoms with van der Waals surface area (Å²) in [6.45, 7) is 1.36. The summed E-state index contributed by atoms with van der Waals surface area (Å²) in [5, 5.41) is 3.86. The Bertz CT molecular complexity index is 563. The standard InChI is InChI=1S/C14H18N2O3/c1-18-8-6-15-14(17)10-16-7-5-11-9-12(19-2)3-4-13(11)16/h3-5,7,9H,6,8,10H2,1-2H3,(H,15,17). The van der Waals surface area contributed by atoms with Crippen LogP contribution in [-0.2, 0) is 16.1 Å². The van der Waals surface area contributed by atoms with Crippen molar-refractivity contribution >= 4 is 16.8 Å². The number of hydrogen-bond donors (Lipinski definition) is 1. The van der Waals surface area contributed by atoms with Crippen LogP contribution in [-0.4, -0.2) is 37.8 Å². The topological polar surface area (TPSA) is 52.5 Å². The second kappa shape index (κ2) is 6.24. The predicted molar refractivity (Wildman–Crippen MR) is 73.4 cm³/mol. The van der Waals surface area contributed by atoms with Gasteiger partial charge in [0.05, 0.1) is 13.7 Å². The summed E-state index contributed by atoms with van der Waals surface area (Å²) in [7, 11) is 3.25. The van der Waals surface area contributed by atoms with Crippen LogP contribution in [0.1, 0.15) is 0 Å². The fraction of sp³-hybridized carbons (Fsp3) is 0.357. The van der Waals surface area contributed by atoms with E-state index in [1.807, 2.05) is 35.0 Å². The van der Waals surface area contributed by atoms with E-state index < -0.39 is 0 Å². The number of ether oxygens (including phenoxy) is 2. The Kier molecular flexibility index (Phi) is 4.41. The number of rotatable bonds is 6. The van der Waals surface area contributed by atoms with Crippen molar-refractivity contribution in [2.75, 3.05) is 27.4 Å². The van der Waals surface area contributed by atoms with Gasteiger partial charge in [-0.3, -0.25) is 4.79 Å². The van der Waals surface area contributed by atoms with Gasteiger partial charge < -0.3 is 19.4 Å². The highest BCUT2D eigenvalue weighted by Crippen LogP contribution is 2.21. The third-order valence-corrected chi connectivity index (χ3v) is 2.92. The Morgan fingerprint density at radius 2 is 2.16 bits per heavy atom. The number of nitrogens with zero attached hydrogens (tertiary/aromatic N) is 1. The first-order valence-corrected chi connectivity index (χ1v) is 6.13. The first-order valence-electron chi connectivity index (χ1n) is 6.13. The summed E-state index contributed by atoms with van der Waals surface area (Å²) in [5.41, 5.74) is 1.02. The van der Waals surface area contributed by atoms with Gasteiger partial charge in [-0.1, -0.05) is 0 Å². The average Bonchev–Trinajstić information content (AvgIpc) is 2.81. The lowest BCUT2D eigenvalue weighted by atomic mass is 10.2. The molecule has 1 amide bonds. The van der Waals surface area contributed by atoms with Gasteiger partial charge in [-0.2, -0.15) is 0 Å². The summed E-state index contributed by atoms with van der Waals surface area (Å²) < 4.78 is 12.0. The van der Waals surface area contributed by atoms with Crippen LogP contribution in [0.3, 0.4) is 0 Å². The van der Waals surface area contributed by atoms with Crippen molar-refractivity contribution in [3.63, 3.8) is 0 Å². The highest BCUT2D eigenvalue weighted by molar-refractivity contribution is 5.84. The zero-order chi connectivity index (χ0) is 13.7. The second-order valence-electron chi connectivity index (χ2n) is 4.21. The highest BCUT2D eigenvalue weighted by atomic mass is 16.5. The number of benzene rings is 1. The van der Waals surface area contributed by atoms with Gasteiger partial charge in [0.25, 0.3) is 0 Å². The van der Waals surface area contributed by atoms with Crippen LogP contribution in [0.25, 0.3) is 10.9 Å². The van der Waals surface area contributed by atoms with Gasteiger partial charge in [0.15, 0.2) is 0 Å². The zero-order valence-electron chi connectivity index (χ0n) is 11.2. The van der Waals surface area contributed by atoms with E-state index in [1.165, 1.54) is 0 Å². The molecule has 0 unspecified atom stereocenters. The van der Waals surface area contributed by atoms with Crippen LogP contribution >= 0.6 is 0 Å². The lowest BCUT2D eigenvalue weighted by Gasteiger charge is -2.07. The number of hydrogen-bond acceptors (Lipinski definition) is 3. The monoisotopic (exact) mass is 262 g/mol. The number of methoxy groups -OCH3 is 2. The maximum absolute atomic E-state index is 11.7. The van der Waals surface area contributed by atoms with Crippen LogP contribution in [0.4, 0.5) is 0 Å². The Labute approximate surface area is 112 Å². The van der Waals surface area contributed by atoms with Crippen molar-refractivity contribution in [3.8, 4) is 5.75 Å².